The first-order valence-corrected chi connectivity index (χ1v) is 8.61. The number of carboxylic acid groups (broad SMARTS) is 1. The molecule has 0 aromatic carbocycles. The lowest BCUT2D eigenvalue weighted by molar-refractivity contribution is -0.0141. The number of rotatable bonds is 4. The van der Waals surface area contributed by atoms with Gasteiger partial charge in [0.2, 0.25) is 0 Å². The van der Waals surface area contributed by atoms with Gasteiger partial charge in [-0.05, 0) is 61.8 Å². The Labute approximate surface area is 123 Å². The van der Waals surface area contributed by atoms with Crippen LogP contribution in [-0.4, -0.2) is 17.1 Å². The van der Waals surface area contributed by atoms with E-state index in [0.717, 1.165) is 35.1 Å². The van der Waals surface area contributed by atoms with Crippen molar-refractivity contribution in [1.29, 1.82) is 0 Å². The van der Waals surface area contributed by atoms with E-state index in [1.54, 1.807) is 16.7 Å². The Hall–Kier alpha value is -0.870. The Morgan fingerprint density at radius 1 is 1.20 bits per heavy atom. The van der Waals surface area contributed by atoms with Gasteiger partial charge in [-0.25, -0.2) is 4.79 Å². The van der Waals surface area contributed by atoms with Gasteiger partial charge in [0.15, 0.2) is 0 Å². The van der Waals surface area contributed by atoms with E-state index in [0.29, 0.717) is 11.6 Å². The fourth-order valence-electron chi connectivity index (χ4n) is 5.06. The topological polar surface area (TPSA) is 49.3 Å². The van der Waals surface area contributed by atoms with Crippen LogP contribution in [0.25, 0.3) is 0 Å². The molecule has 108 valence electrons. The number of hydrogen-bond donors (Lipinski definition) is 2. The molecule has 4 bridgehead atoms. The molecule has 0 atom stereocenters. The van der Waals surface area contributed by atoms with Crippen molar-refractivity contribution < 1.29 is 9.90 Å². The smallest absolute Gasteiger partial charge is 0.336 e. The van der Waals surface area contributed by atoms with Crippen LogP contribution in [0.5, 0.6) is 0 Å². The highest BCUT2D eigenvalue weighted by atomic mass is 32.1. The molecule has 4 fully saturated rings. The van der Waals surface area contributed by atoms with Gasteiger partial charge in [-0.2, -0.15) is 0 Å². The van der Waals surface area contributed by atoms with E-state index in [9.17, 15) is 4.79 Å². The van der Waals surface area contributed by atoms with Crippen molar-refractivity contribution in [2.45, 2.75) is 44.7 Å². The normalized spacial score (nSPS) is 38.3. The zero-order valence-corrected chi connectivity index (χ0v) is 12.4. The third kappa shape index (κ3) is 2.19. The first-order valence-electron chi connectivity index (χ1n) is 7.73. The summed E-state index contributed by atoms with van der Waals surface area (Å²) in [6.07, 6.45) is 7.20. The molecule has 1 heterocycles. The zero-order valence-electron chi connectivity index (χ0n) is 11.5. The zero-order chi connectivity index (χ0) is 13.7. The quantitative estimate of drug-likeness (QED) is 0.894. The maximum atomic E-state index is 10.9. The van der Waals surface area contributed by atoms with Crippen molar-refractivity contribution in [2.24, 2.45) is 23.7 Å². The summed E-state index contributed by atoms with van der Waals surface area (Å²) < 4.78 is 0. The lowest BCUT2D eigenvalue weighted by Crippen LogP contribution is -2.54. The van der Waals surface area contributed by atoms with Gasteiger partial charge in [-0.1, -0.05) is 0 Å². The van der Waals surface area contributed by atoms with Crippen LogP contribution >= 0.6 is 11.3 Å². The second-order valence-corrected chi connectivity index (χ2v) is 7.94. The number of thiophene rings is 1. The molecule has 0 spiro atoms. The number of carbonyl (C=O) groups is 1. The minimum Gasteiger partial charge on any atom is -0.478 e. The van der Waals surface area contributed by atoms with Crippen LogP contribution in [0.2, 0.25) is 0 Å². The van der Waals surface area contributed by atoms with E-state index in [4.69, 9.17) is 5.11 Å². The summed E-state index contributed by atoms with van der Waals surface area (Å²) in [7, 11) is 0. The van der Waals surface area contributed by atoms with Crippen molar-refractivity contribution in [3.05, 3.63) is 21.9 Å². The van der Waals surface area contributed by atoms with Crippen LogP contribution < -0.4 is 5.32 Å². The van der Waals surface area contributed by atoms with Crippen molar-refractivity contribution >= 4 is 17.3 Å². The summed E-state index contributed by atoms with van der Waals surface area (Å²) in [6, 6.07) is 2.49. The minimum atomic E-state index is -0.817. The molecule has 4 aliphatic carbocycles. The fraction of sp³-hybridized carbons (Fsp3) is 0.688. The van der Waals surface area contributed by atoms with Gasteiger partial charge < -0.3 is 10.4 Å². The van der Waals surface area contributed by atoms with Gasteiger partial charge in [-0.15, -0.1) is 11.3 Å². The van der Waals surface area contributed by atoms with Crippen molar-refractivity contribution in [2.75, 3.05) is 0 Å². The lowest BCUT2D eigenvalue weighted by atomic mass is 9.54. The molecule has 1 aromatic rings. The third-order valence-electron chi connectivity index (χ3n) is 5.64. The Morgan fingerprint density at radius 2 is 1.85 bits per heavy atom. The van der Waals surface area contributed by atoms with E-state index in [1.807, 2.05) is 6.07 Å². The van der Waals surface area contributed by atoms with Crippen molar-refractivity contribution in [3.63, 3.8) is 0 Å². The van der Waals surface area contributed by atoms with Gasteiger partial charge in [0, 0.05) is 22.8 Å². The monoisotopic (exact) mass is 291 g/mol. The lowest BCUT2D eigenvalue weighted by Gasteiger charge is -2.54. The summed E-state index contributed by atoms with van der Waals surface area (Å²) in [4.78, 5) is 12.1. The summed E-state index contributed by atoms with van der Waals surface area (Å²) in [6.45, 7) is 0.838. The molecule has 3 nitrogen and oxygen atoms in total. The maximum Gasteiger partial charge on any atom is 0.336 e. The second-order valence-electron chi connectivity index (χ2n) is 6.94. The number of aromatic carboxylic acids is 1. The number of nitrogens with one attached hydrogen (secondary N) is 1. The molecule has 20 heavy (non-hydrogen) atoms. The molecule has 4 aliphatic rings. The van der Waals surface area contributed by atoms with E-state index in [-0.39, 0.29) is 0 Å². The molecule has 1 aromatic heterocycles. The minimum absolute atomic E-state index is 0.428. The van der Waals surface area contributed by atoms with Crippen LogP contribution in [0.4, 0.5) is 0 Å². The van der Waals surface area contributed by atoms with Gasteiger partial charge in [-0.3, -0.25) is 0 Å². The predicted molar refractivity (Wildman–Crippen MR) is 79.0 cm³/mol. The highest BCUT2D eigenvalue weighted by Gasteiger charge is 2.47. The first kappa shape index (κ1) is 12.8. The molecular formula is C16H21NO2S. The Morgan fingerprint density at radius 3 is 2.40 bits per heavy atom. The van der Waals surface area contributed by atoms with E-state index in [2.05, 4.69) is 5.32 Å². The fourth-order valence-corrected chi connectivity index (χ4v) is 5.87. The molecule has 0 saturated heterocycles. The SMILES string of the molecule is O=C(O)c1csc(CNC2C3CC4CC(C3)CC2C4)c1. The van der Waals surface area contributed by atoms with Gasteiger partial charge in [0.25, 0.3) is 0 Å². The highest BCUT2D eigenvalue weighted by Crippen LogP contribution is 2.53. The predicted octanol–water partition coefficient (Wildman–Crippen LogP) is 3.36. The Bertz CT molecular complexity index is 496. The van der Waals surface area contributed by atoms with Crippen LogP contribution in [0.15, 0.2) is 11.4 Å². The summed E-state index contributed by atoms with van der Waals surface area (Å²) in [5.41, 5.74) is 0.428. The molecular weight excluding hydrogens is 270 g/mol. The van der Waals surface area contributed by atoms with Crippen LogP contribution in [0.1, 0.15) is 47.3 Å². The molecule has 0 unspecified atom stereocenters. The van der Waals surface area contributed by atoms with E-state index >= 15 is 0 Å². The Kier molecular flexibility index (Phi) is 3.11. The first-order chi connectivity index (χ1) is 9.69. The number of hydrogen-bond acceptors (Lipinski definition) is 3. The highest BCUT2D eigenvalue weighted by molar-refractivity contribution is 7.10. The van der Waals surface area contributed by atoms with Gasteiger partial charge in [0.05, 0.1) is 5.56 Å². The molecule has 0 amide bonds. The van der Waals surface area contributed by atoms with Crippen molar-refractivity contribution in [1.82, 2.24) is 5.32 Å². The molecule has 0 radical (unpaired) electrons. The van der Waals surface area contributed by atoms with Gasteiger partial charge >= 0.3 is 5.97 Å². The molecule has 4 heteroatoms. The summed E-state index contributed by atoms with van der Waals surface area (Å²) in [5, 5.41) is 14.5. The number of carboxylic acids is 1. The standard InChI is InChI=1S/C16H21NO2S/c18-16(19)13-6-14(20-8-13)7-17-15-11-2-9-1-10(4-11)5-12(15)3-9/h6,8-12,15,17H,1-5,7H2,(H,18,19). The van der Waals surface area contributed by atoms with Gasteiger partial charge in [0.1, 0.15) is 0 Å². The molecule has 4 saturated carbocycles. The maximum absolute atomic E-state index is 10.9. The molecule has 2 N–H and O–H groups in total. The van der Waals surface area contributed by atoms with Crippen molar-refractivity contribution in [3.8, 4) is 0 Å². The largest absolute Gasteiger partial charge is 0.478 e. The van der Waals surface area contributed by atoms with E-state index < -0.39 is 5.97 Å². The third-order valence-corrected chi connectivity index (χ3v) is 6.58. The molecule has 5 rings (SSSR count). The van der Waals surface area contributed by atoms with E-state index in [1.165, 1.54) is 32.1 Å². The van der Waals surface area contributed by atoms with Crippen LogP contribution in [0, 0.1) is 23.7 Å². The van der Waals surface area contributed by atoms with Crippen LogP contribution in [-0.2, 0) is 6.54 Å². The average Bonchev–Trinajstić information content (AvgIpc) is 2.86. The summed E-state index contributed by atoms with van der Waals surface area (Å²) >= 11 is 1.56. The summed E-state index contributed by atoms with van der Waals surface area (Å²) in [5.74, 6) is 2.96. The second kappa shape index (κ2) is 4.85. The molecule has 0 aliphatic heterocycles. The Balaban J connectivity index is 1.40. The average molecular weight is 291 g/mol. The van der Waals surface area contributed by atoms with Crippen LogP contribution in [0.3, 0.4) is 0 Å².